The molecule has 14 rings (SSSR count). The quantitative estimate of drug-likeness (QED) is 0.0545. The first kappa shape index (κ1) is 85.7. The van der Waals surface area contributed by atoms with Gasteiger partial charge in [0.25, 0.3) is 0 Å². The number of benzene rings is 2. The Morgan fingerprint density at radius 1 is 0.552 bits per heavy atom. The van der Waals surface area contributed by atoms with E-state index in [0.717, 1.165) is 23.6 Å². The van der Waals surface area contributed by atoms with Crippen LogP contribution in [0.15, 0.2) is 85.2 Å². The second-order valence-electron chi connectivity index (χ2n) is 35.7. The number of rotatable bonds is 22. The number of carbonyl (C=O) groups is 8. The summed E-state index contributed by atoms with van der Waals surface area (Å²) in [5.74, 6) is -5.37. The lowest BCUT2D eigenvalue weighted by molar-refractivity contribution is -0.229. The number of allylic oxidation sites excluding steroid dienone is 4. The Morgan fingerprint density at radius 3 is 1.23 bits per heavy atom. The summed E-state index contributed by atoms with van der Waals surface area (Å²) in [6.45, 7) is 14.8. The van der Waals surface area contributed by atoms with Crippen LogP contribution in [-0.2, 0) is 77.4 Å². The van der Waals surface area contributed by atoms with E-state index in [1.54, 1.807) is 26.6 Å². The van der Waals surface area contributed by atoms with E-state index >= 15 is 9.59 Å². The molecule has 30 heteroatoms. The number of hydrogen-bond donors (Lipinski definition) is 2. The van der Waals surface area contributed by atoms with Crippen molar-refractivity contribution in [2.75, 3.05) is 67.1 Å². The fraction of sp³-hybridized carbons (Fsp3) is 0.651. The topological polar surface area (TPSA) is 335 Å². The zero-order chi connectivity index (χ0) is 83.2. The monoisotopic (exact) mass is 1650 g/mol. The third kappa shape index (κ3) is 17.2. The molecule has 4 saturated carbocycles. The van der Waals surface area contributed by atoms with Gasteiger partial charge in [-0.1, -0.05) is 116 Å². The lowest BCUT2D eigenvalue weighted by atomic mass is 9.81. The molecule has 0 unspecified atom stereocenters. The molecule has 14 atom stereocenters. The highest BCUT2D eigenvalue weighted by molar-refractivity contribution is 7.92. The van der Waals surface area contributed by atoms with Gasteiger partial charge in [0.1, 0.15) is 46.6 Å². The second kappa shape index (κ2) is 33.9. The molecule has 0 radical (unpaired) electrons. The molecule has 4 aromatic rings. The number of nitrogens with one attached hydrogen (secondary N) is 2. The van der Waals surface area contributed by atoms with Gasteiger partial charge in [0.2, 0.25) is 55.4 Å². The van der Waals surface area contributed by atoms with E-state index in [4.69, 9.17) is 37.9 Å². The van der Waals surface area contributed by atoms with Crippen LogP contribution >= 0.6 is 0 Å². The Bertz CT molecular complexity index is 4430. The smallest absolute Gasteiger partial charge is 0.307 e. The Labute approximate surface area is 677 Å². The van der Waals surface area contributed by atoms with E-state index in [1.165, 1.54) is 9.80 Å². The Hall–Kier alpha value is -8.22. The van der Waals surface area contributed by atoms with Crippen LogP contribution in [0.5, 0.6) is 23.3 Å². The lowest BCUT2D eigenvalue weighted by Gasteiger charge is -2.44. The summed E-state index contributed by atoms with van der Waals surface area (Å²) in [5, 5.41) is 2.89. The average Bonchev–Trinajstić information content (AvgIpc) is 1.57. The third-order valence-electron chi connectivity index (χ3n) is 27.0. The molecule has 2 aromatic heterocycles. The van der Waals surface area contributed by atoms with Crippen LogP contribution in [-0.4, -0.2) is 196 Å². The van der Waals surface area contributed by atoms with Gasteiger partial charge in [-0.3, -0.25) is 47.8 Å². The maximum atomic E-state index is 15.0. The van der Waals surface area contributed by atoms with Crippen LogP contribution in [0.25, 0.3) is 21.5 Å². The largest absolute Gasteiger partial charge is 0.494 e. The van der Waals surface area contributed by atoms with Crippen LogP contribution < -0.4 is 28.4 Å². The molecule has 4 aliphatic carbocycles. The van der Waals surface area contributed by atoms with Crippen molar-refractivity contribution in [3.05, 3.63) is 85.2 Å². The van der Waals surface area contributed by atoms with Crippen molar-refractivity contribution >= 4 is 88.7 Å². The van der Waals surface area contributed by atoms with Gasteiger partial charge in [-0.05, 0) is 137 Å². The number of sulfonamides is 2. The first-order valence-corrected chi connectivity index (χ1v) is 44.1. The minimum Gasteiger partial charge on any atom is -0.494 e. The number of esters is 2. The first-order chi connectivity index (χ1) is 55.1. The number of Topliss-reactive ketones (excluding diaryl/α,β-unsaturated/α-hetero) is 2. The highest BCUT2D eigenvalue weighted by Gasteiger charge is 2.66. The van der Waals surface area contributed by atoms with Gasteiger partial charge in [-0.2, -0.15) is 0 Å². The van der Waals surface area contributed by atoms with Crippen molar-refractivity contribution < 1.29 is 102 Å². The summed E-state index contributed by atoms with van der Waals surface area (Å²) < 4.78 is 129. The van der Waals surface area contributed by atoms with Gasteiger partial charge in [-0.15, -0.1) is 0 Å². The number of ketones is 2. The maximum absolute atomic E-state index is 15.0. The fourth-order valence-electron chi connectivity index (χ4n) is 18.1. The number of amides is 4. The molecule has 26 nitrogen and oxygen atoms in total. The summed E-state index contributed by atoms with van der Waals surface area (Å²) in [4.78, 5) is 127. The highest BCUT2D eigenvalue weighted by atomic mass is 32.2. The number of carbonyl (C=O) groups excluding carboxylic acids is 8. The van der Waals surface area contributed by atoms with Crippen molar-refractivity contribution in [2.24, 2.45) is 70.0 Å². The van der Waals surface area contributed by atoms with Crippen LogP contribution in [0.4, 0.5) is 8.78 Å². The number of alkyl halides is 2. The van der Waals surface area contributed by atoms with E-state index in [2.05, 4.69) is 33.3 Å². The predicted molar refractivity (Wildman–Crippen MR) is 424 cm³/mol. The van der Waals surface area contributed by atoms with E-state index in [1.807, 2.05) is 114 Å². The Morgan fingerprint density at radius 2 is 0.914 bits per heavy atom. The van der Waals surface area contributed by atoms with E-state index in [9.17, 15) is 54.4 Å². The molecule has 0 spiro atoms. The molecule has 10 aliphatic rings. The number of pyridine rings is 2. The predicted octanol–water partition coefficient (Wildman–Crippen LogP) is 11.0. The molecule has 8 fully saturated rings. The Kier molecular flexibility index (Phi) is 25.0. The van der Waals surface area contributed by atoms with Crippen LogP contribution in [0, 0.1) is 70.0 Å². The molecule has 4 amide bonds. The molecular weight excluding hydrogens is 1540 g/mol. The number of halogens is 2. The normalized spacial score (nSPS) is 31.2. The second-order valence-corrected chi connectivity index (χ2v) is 39.8. The number of hydrogen-bond acceptors (Lipinski definition) is 22. The zero-order valence-corrected chi connectivity index (χ0v) is 69.7. The van der Waals surface area contributed by atoms with Gasteiger partial charge in [0.15, 0.2) is 22.8 Å². The van der Waals surface area contributed by atoms with E-state index < -0.39 is 160 Å². The van der Waals surface area contributed by atoms with E-state index in [0.29, 0.717) is 59.7 Å². The minimum absolute atomic E-state index is 0.00185. The van der Waals surface area contributed by atoms with Crippen molar-refractivity contribution in [1.82, 2.24) is 29.2 Å². The summed E-state index contributed by atoms with van der Waals surface area (Å²) in [7, 11) is -5.59. The number of fused-ring (bicyclic) bond motifs is 6. The van der Waals surface area contributed by atoms with Crippen LogP contribution in [0.1, 0.15) is 171 Å². The van der Waals surface area contributed by atoms with Crippen LogP contribution in [0.2, 0.25) is 0 Å². The molecule has 632 valence electrons. The van der Waals surface area contributed by atoms with Gasteiger partial charge in [-0.25, -0.2) is 35.6 Å². The fourth-order valence-corrected chi connectivity index (χ4v) is 21.0. The van der Waals surface area contributed by atoms with Crippen LogP contribution in [0.3, 0.4) is 0 Å². The highest BCUT2D eigenvalue weighted by Crippen LogP contribution is 2.60. The summed E-state index contributed by atoms with van der Waals surface area (Å²) in [6, 6.07) is 12.8. The third-order valence-corrected chi connectivity index (χ3v) is 31.2. The minimum atomic E-state index is -4.35. The SMILES string of the molecule is COc1cnc(O[C@@H]2C[C@H]3C(=O)C[C@]4(C(=O)NS(=O)(=O)C5(CF)CC5)C[C@H]4/C=C\CC[C@@H](C)C[C@@H](C)[C@H](CC(=O)OC4(C(C)C)COC4)C(=O)N3C2)c2ccccc12.COc1cnc(O[C@@H]2C[C@H]3C(=O)C[C@]4(C(=O)NS(=O)(=O)C5(CF)CC5)C[C@H]4/C=C\CC[C@H](C)C[C@@H](C)[C@H](CC(=O)OC4(C(C)C)COC4)C(=O)N3C2)c2ccccc12. The standard InChI is InChI=1S/2C43H56FN3O10S/c2*1-26(2)43(24-55-25-43)57-37(49)18-33-28(4)16-27(3)10-6-7-11-29-19-42(29,40(51)46-58(52,53)41(23-44)14-15-41)20-35(48)34-17-30(22-47(34)39(33)50)56-38-32-13-9-8-12-31(32)36(54-5)21-45-38/h2*7-9,11-13,21,26-30,33-34H,6,10,14-20,22-25H2,1-5H3,(H,46,51)/b2*11-7-/t27-,28+,29+,30+,33-,34-,42+;27-,28-,29-,30-,33+,34+,42-/m01/s1. The summed E-state index contributed by atoms with van der Waals surface area (Å²) in [5.41, 5.74) is -4.33. The van der Waals surface area contributed by atoms with Gasteiger partial charge < -0.3 is 47.7 Å². The lowest BCUT2D eigenvalue weighted by Crippen LogP contribution is -2.57. The van der Waals surface area contributed by atoms with Gasteiger partial charge >= 0.3 is 11.9 Å². The number of ether oxygens (including phenoxy) is 8. The zero-order valence-electron chi connectivity index (χ0n) is 68.1. The average molecular weight is 1650 g/mol. The van der Waals surface area contributed by atoms with Crippen molar-refractivity contribution in [3.63, 3.8) is 0 Å². The molecule has 2 aromatic carbocycles. The first-order valence-electron chi connectivity index (χ1n) is 41.2. The molecule has 116 heavy (non-hydrogen) atoms. The maximum Gasteiger partial charge on any atom is 0.307 e. The summed E-state index contributed by atoms with van der Waals surface area (Å²) in [6.07, 6.45) is 13.5. The molecule has 4 saturated heterocycles. The molecule has 6 aliphatic heterocycles. The van der Waals surface area contributed by atoms with E-state index in [-0.39, 0.29) is 152 Å². The van der Waals surface area contributed by atoms with Gasteiger partial charge in [0.05, 0.1) is 114 Å². The van der Waals surface area contributed by atoms with Gasteiger partial charge in [0, 0.05) is 47.2 Å². The molecule has 0 bridgehead atoms. The van der Waals surface area contributed by atoms with Crippen molar-refractivity contribution in [3.8, 4) is 23.3 Å². The molecule has 8 heterocycles. The number of methoxy groups -OCH3 is 2. The van der Waals surface area contributed by atoms with Crippen molar-refractivity contribution in [2.45, 2.75) is 216 Å². The summed E-state index contributed by atoms with van der Waals surface area (Å²) >= 11 is 0. The molecular formula is C86H112F2N6O20S2. The molecule has 2 N–H and O–H groups in total. The number of aromatic nitrogens is 2. The Balaban J connectivity index is 0.000000202. The number of nitrogens with zero attached hydrogens (tertiary/aromatic N) is 4. The van der Waals surface area contributed by atoms with Crippen molar-refractivity contribution in [1.29, 1.82) is 0 Å².